The van der Waals surface area contributed by atoms with E-state index in [4.69, 9.17) is 0 Å². The summed E-state index contributed by atoms with van der Waals surface area (Å²) in [6.07, 6.45) is 1.07. The zero-order chi connectivity index (χ0) is 7.28. The van der Waals surface area contributed by atoms with Crippen LogP contribution in [0.15, 0.2) is 12.7 Å². The van der Waals surface area contributed by atoms with Gasteiger partial charge in [-0.05, 0) is 6.08 Å². The van der Waals surface area contributed by atoms with Crippen LogP contribution in [-0.4, -0.2) is 11.8 Å². The first-order chi connectivity index (χ1) is 4.16. The lowest BCUT2D eigenvalue weighted by Gasteiger charge is -1.98. The van der Waals surface area contributed by atoms with Gasteiger partial charge in [-0.1, -0.05) is 6.58 Å². The van der Waals surface area contributed by atoms with Gasteiger partial charge in [-0.2, -0.15) is 0 Å². The van der Waals surface area contributed by atoms with Gasteiger partial charge in [0.1, 0.15) is 0 Å². The molecule has 0 atom stereocenters. The summed E-state index contributed by atoms with van der Waals surface area (Å²) in [5, 5.41) is 0. The summed E-state index contributed by atoms with van der Waals surface area (Å²) in [6, 6.07) is 0. The topological polar surface area (TPSA) is 58.2 Å². The molecule has 0 aliphatic carbocycles. The molecule has 0 aromatic heterocycles. The molecule has 0 saturated carbocycles. The molecule has 0 bridgehead atoms. The zero-order valence-electron chi connectivity index (χ0n) is 5.10. The first kappa shape index (κ1) is 7.68. The molecule has 0 aromatic rings. The molecular formula is C5H8N2O2. The first-order valence-electron chi connectivity index (χ1n) is 2.36. The minimum atomic E-state index is -0.426. The second-order valence-corrected chi connectivity index (χ2v) is 1.37. The van der Waals surface area contributed by atoms with Crippen LogP contribution in [0.2, 0.25) is 0 Å². The smallest absolute Gasteiger partial charge is 0.261 e. The molecule has 2 N–H and O–H groups in total. The second kappa shape index (κ2) is 3.65. The third-order valence-corrected chi connectivity index (χ3v) is 0.547. The number of rotatable bonds is 1. The number of carbonyl (C=O) groups is 2. The molecule has 0 saturated heterocycles. The van der Waals surface area contributed by atoms with Crippen molar-refractivity contribution in [2.24, 2.45) is 0 Å². The molecule has 0 spiro atoms. The Hall–Kier alpha value is -1.32. The Labute approximate surface area is 52.9 Å². The van der Waals surface area contributed by atoms with Gasteiger partial charge in [-0.25, -0.2) is 0 Å². The summed E-state index contributed by atoms with van der Waals surface area (Å²) >= 11 is 0. The molecule has 9 heavy (non-hydrogen) atoms. The molecule has 0 heterocycles. The minimum Gasteiger partial charge on any atom is -0.274 e. The first-order valence-corrected chi connectivity index (χ1v) is 2.36. The predicted molar refractivity (Wildman–Crippen MR) is 32.2 cm³/mol. The van der Waals surface area contributed by atoms with E-state index in [0.29, 0.717) is 0 Å². The van der Waals surface area contributed by atoms with Crippen molar-refractivity contribution in [2.45, 2.75) is 6.92 Å². The van der Waals surface area contributed by atoms with E-state index in [-0.39, 0.29) is 5.91 Å². The van der Waals surface area contributed by atoms with Crippen LogP contribution in [0.3, 0.4) is 0 Å². The van der Waals surface area contributed by atoms with Crippen molar-refractivity contribution in [1.29, 1.82) is 0 Å². The molecule has 0 radical (unpaired) electrons. The number of hydrogen-bond donors (Lipinski definition) is 2. The van der Waals surface area contributed by atoms with E-state index in [1.165, 1.54) is 6.92 Å². The standard InChI is InChI=1S/C5H8N2O2/c1-3-5(9)7-6-4(2)8/h3H,1H2,2H3,(H,6,8)(H,7,9). The largest absolute Gasteiger partial charge is 0.274 e. The van der Waals surface area contributed by atoms with Gasteiger partial charge in [0.05, 0.1) is 0 Å². The lowest BCUT2D eigenvalue weighted by Crippen LogP contribution is -2.39. The zero-order valence-corrected chi connectivity index (χ0v) is 5.10. The summed E-state index contributed by atoms with van der Waals surface area (Å²) in [7, 11) is 0. The fourth-order valence-corrected chi connectivity index (χ4v) is 0.201. The maximum Gasteiger partial charge on any atom is 0.261 e. The van der Waals surface area contributed by atoms with Crippen LogP contribution in [0, 0.1) is 0 Å². The highest BCUT2D eigenvalue weighted by molar-refractivity contribution is 5.88. The Kier molecular flexibility index (Phi) is 3.12. The normalized spacial score (nSPS) is 7.67. The van der Waals surface area contributed by atoms with E-state index in [2.05, 4.69) is 17.4 Å². The van der Waals surface area contributed by atoms with Crippen molar-refractivity contribution in [3.05, 3.63) is 12.7 Å². The quantitative estimate of drug-likeness (QED) is 0.364. The summed E-state index contributed by atoms with van der Waals surface area (Å²) < 4.78 is 0. The molecule has 4 nitrogen and oxygen atoms in total. The summed E-state index contributed by atoms with van der Waals surface area (Å²) in [5.41, 5.74) is 4.16. The van der Waals surface area contributed by atoms with Gasteiger partial charge in [0.25, 0.3) is 5.91 Å². The fourth-order valence-electron chi connectivity index (χ4n) is 0.201. The van der Waals surface area contributed by atoms with E-state index in [0.717, 1.165) is 6.08 Å². The Morgan fingerprint density at radius 1 is 1.44 bits per heavy atom. The van der Waals surface area contributed by atoms with Crippen LogP contribution >= 0.6 is 0 Å². The van der Waals surface area contributed by atoms with Crippen LogP contribution in [0.5, 0.6) is 0 Å². The predicted octanol–water partition coefficient (Wildman–Crippen LogP) is -0.660. The SMILES string of the molecule is C=CC(=O)NNC(C)=O. The van der Waals surface area contributed by atoms with Gasteiger partial charge in [0.15, 0.2) is 0 Å². The Balaban J connectivity index is 3.39. The van der Waals surface area contributed by atoms with Crippen LogP contribution in [0.25, 0.3) is 0 Å². The number of nitrogens with one attached hydrogen (secondary N) is 2. The Bertz CT molecular complexity index is 142. The molecule has 0 aliphatic heterocycles. The number of hydrazine groups is 1. The van der Waals surface area contributed by atoms with Crippen LogP contribution < -0.4 is 10.9 Å². The molecule has 0 rings (SSSR count). The van der Waals surface area contributed by atoms with Crippen molar-refractivity contribution >= 4 is 11.8 Å². The monoisotopic (exact) mass is 128 g/mol. The highest BCUT2D eigenvalue weighted by Gasteiger charge is 1.91. The molecule has 2 amide bonds. The van der Waals surface area contributed by atoms with Gasteiger partial charge >= 0.3 is 0 Å². The Morgan fingerprint density at radius 2 is 2.00 bits per heavy atom. The third-order valence-electron chi connectivity index (χ3n) is 0.547. The van der Waals surface area contributed by atoms with Crippen molar-refractivity contribution in [1.82, 2.24) is 10.9 Å². The van der Waals surface area contributed by atoms with Gasteiger partial charge in [0.2, 0.25) is 5.91 Å². The third kappa shape index (κ3) is 4.53. The van der Waals surface area contributed by atoms with Crippen molar-refractivity contribution in [2.75, 3.05) is 0 Å². The molecule has 0 aromatic carbocycles. The highest BCUT2D eigenvalue weighted by Crippen LogP contribution is 1.60. The maximum atomic E-state index is 10.3. The second-order valence-electron chi connectivity index (χ2n) is 1.37. The number of amides is 2. The van der Waals surface area contributed by atoms with Crippen LogP contribution in [0.1, 0.15) is 6.92 Å². The summed E-state index contributed by atoms with van der Waals surface area (Å²) in [4.78, 5) is 20.4. The molecule has 0 aliphatic rings. The van der Waals surface area contributed by atoms with Crippen LogP contribution in [0.4, 0.5) is 0 Å². The average molecular weight is 128 g/mol. The van der Waals surface area contributed by atoms with Crippen molar-refractivity contribution in [3.63, 3.8) is 0 Å². The molecule has 50 valence electrons. The van der Waals surface area contributed by atoms with Crippen molar-refractivity contribution in [3.8, 4) is 0 Å². The fraction of sp³-hybridized carbons (Fsp3) is 0.200. The highest BCUT2D eigenvalue weighted by atomic mass is 16.2. The van der Waals surface area contributed by atoms with Gasteiger partial charge in [0, 0.05) is 6.92 Å². The lowest BCUT2D eigenvalue weighted by atomic mass is 10.6. The van der Waals surface area contributed by atoms with E-state index < -0.39 is 5.91 Å². The molecular weight excluding hydrogens is 120 g/mol. The van der Waals surface area contributed by atoms with Gasteiger partial charge in [-0.15, -0.1) is 0 Å². The average Bonchev–Trinajstić information content (AvgIpc) is 1.83. The van der Waals surface area contributed by atoms with Gasteiger partial charge in [-0.3, -0.25) is 20.4 Å². The lowest BCUT2D eigenvalue weighted by molar-refractivity contribution is -0.125. The summed E-state index contributed by atoms with van der Waals surface area (Å²) in [6.45, 7) is 4.47. The van der Waals surface area contributed by atoms with E-state index in [1.54, 1.807) is 0 Å². The van der Waals surface area contributed by atoms with E-state index in [1.807, 2.05) is 0 Å². The van der Waals surface area contributed by atoms with Gasteiger partial charge < -0.3 is 0 Å². The number of hydrogen-bond acceptors (Lipinski definition) is 2. The molecule has 0 fully saturated rings. The van der Waals surface area contributed by atoms with Crippen molar-refractivity contribution < 1.29 is 9.59 Å². The molecule has 0 unspecified atom stereocenters. The number of carbonyl (C=O) groups excluding carboxylic acids is 2. The van der Waals surface area contributed by atoms with E-state index in [9.17, 15) is 9.59 Å². The maximum absolute atomic E-state index is 10.3. The van der Waals surface area contributed by atoms with Crippen LogP contribution in [-0.2, 0) is 9.59 Å². The van der Waals surface area contributed by atoms with E-state index >= 15 is 0 Å². The molecule has 4 heteroatoms. The summed E-state index contributed by atoms with van der Waals surface area (Å²) in [5.74, 6) is -0.740. The minimum absolute atomic E-state index is 0.315. The Morgan fingerprint density at radius 3 is 2.33 bits per heavy atom.